The van der Waals surface area contributed by atoms with Gasteiger partial charge < -0.3 is 14.9 Å². The number of hydrogen-bond acceptors (Lipinski definition) is 3. The van der Waals surface area contributed by atoms with Crippen molar-refractivity contribution in [2.45, 2.75) is 64.0 Å². The molecule has 3 atom stereocenters. The SMILES string of the molecule is CC(C)C#Cc1ccc([C@@H]2[C@@H](CO)N3C(=O)CN(C(=O)C4CCCCC4)C[C@H]23)cc1. The topological polar surface area (TPSA) is 60.9 Å². The molecule has 1 aliphatic carbocycles. The standard InChI is InChI=1S/C25H32N2O3/c1-17(2)8-9-18-10-12-19(13-11-18)24-21-14-26(15-23(29)27(21)22(24)16-28)25(30)20-6-4-3-5-7-20/h10-13,17,20-22,24,28H,3-7,14-16H2,1-2H3/t21-,22-,24+/m1/s1. The van der Waals surface area contributed by atoms with Crippen LogP contribution >= 0.6 is 0 Å². The molecule has 0 aromatic heterocycles. The summed E-state index contributed by atoms with van der Waals surface area (Å²) in [5.41, 5.74) is 2.07. The first-order chi connectivity index (χ1) is 14.5. The van der Waals surface area contributed by atoms with Gasteiger partial charge in [-0.1, -0.05) is 57.1 Å². The fourth-order valence-corrected chi connectivity index (χ4v) is 5.29. The van der Waals surface area contributed by atoms with Crippen LogP contribution < -0.4 is 0 Å². The zero-order valence-electron chi connectivity index (χ0n) is 18.0. The number of rotatable bonds is 3. The van der Waals surface area contributed by atoms with Crippen molar-refractivity contribution in [1.82, 2.24) is 9.80 Å². The average Bonchev–Trinajstić information content (AvgIpc) is 2.74. The van der Waals surface area contributed by atoms with Crippen LogP contribution in [0.2, 0.25) is 0 Å². The number of aliphatic hydroxyl groups is 1. The van der Waals surface area contributed by atoms with E-state index in [0.717, 1.165) is 36.8 Å². The van der Waals surface area contributed by atoms with Crippen LogP contribution in [0.5, 0.6) is 0 Å². The Kier molecular flexibility index (Phi) is 6.15. The van der Waals surface area contributed by atoms with Crippen LogP contribution in [0, 0.1) is 23.7 Å². The van der Waals surface area contributed by atoms with E-state index in [1.54, 1.807) is 4.90 Å². The van der Waals surface area contributed by atoms with Crippen molar-refractivity contribution in [3.63, 3.8) is 0 Å². The Morgan fingerprint density at radius 3 is 2.50 bits per heavy atom. The van der Waals surface area contributed by atoms with Gasteiger partial charge in [-0.3, -0.25) is 9.59 Å². The van der Waals surface area contributed by atoms with Crippen LogP contribution in [0.15, 0.2) is 24.3 Å². The molecule has 1 saturated carbocycles. The number of amides is 2. The van der Waals surface area contributed by atoms with Gasteiger partial charge in [0.25, 0.3) is 0 Å². The molecule has 2 saturated heterocycles. The Labute approximate surface area is 179 Å². The molecular weight excluding hydrogens is 376 g/mol. The number of nitrogens with zero attached hydrogens (tertiary/aromatic N) is 2. The second kappa shape index (κ2) is 8.81. The molecular formula is C25H32N2O3. The quantitative estimate of drug-likeness (QED) is 0.783. The van der Waals surface area contributed by atoms with Crippen LogP contribution in [-0.2, 0) is 9.59 Å². The summed E-state index contributed by atoms with van der Waals surface area (Å²) < 4.78 is 0. The molecule has 2 amide bonds. The van der Waals surface area contributed by atoms with Crippen LogP contribution in [0.1, 0.15) is 63.0 Å². The highest BCUT2D eigenvalue weighted by Gasteiger charge is 2.54. The third-order valence-corrected chi connectivity index (χ3v) is 6.82. The molecule has 30 heavy (non-hydrogen) atoms. The number of aliphatic hydroxyl groups excluding tert-OH is 1. The summed E-state index contributed by atoms with van der Waals surface area (Å²) in [5, 5.41) is 9.96. The first-order valence-corrected chi connectivity index (χ1v) is 11.3. The zero-order chi connectivity index (χ0) is 21.3. The van der Waals surface area contributed by atoms with Crippen molar-refractivity contribution in [2.75, 3.05) is 19.7 Å². The van der Waals surface area contributed by atoms with Crippen LogP contribution in [0.25, 0.3) is 0 Å². The van der Waals surface area contributed by atoms with E-state index < -0.39 is 0 Å². The molecule has 5 heteroatoms. The summed E-state index contributed by atoms with van der Waals surface area (Å²) in [5.74, 6) is 6.90. The molecule has 5 nitrogen and oxygen atoms in total. The van der Waals surface area contributed by atoms with Gasteiger partial charge >= 0.3 is 0 Å². The molecule has 1 N–H and O–H groups in total. The second-order valence-electron chi connectivity index (χ2n) is 9.24. The highest BCUT2D eigenvalue weighted by Crippen LogP contribution is 2.43. The predicted molar refractivity (Wildman–Crippen MR) is 116 cm³/mol. The minimum absolute atomic E-state index is 0.0369. The maximum Gasteiger partial charge on any atom is 0.242 e. The monoisotopic (exact) mass is 408 g/mol. The van der Waals surface area contributed by atoms with Gasteiger partial charge in [-0.15, -0.1) is 0 Å². The number of piperazine rings is 1. The predicted octanol–water partition coefficient (Wildman–Crippen LogP) is 2.77. The lowest BCUT2D eigenvalue weighted by Gasteiger charge is -2.59. The van der Waals surface area contributed by atoms with E-state index in [2.05, 4.69) is 37.8 Å². The van der Waals surface area contributed by atoms with E-state index in [0.29, 0.717) is 12.5 Å². The third-order valence-electron chi connectivity index (χ3n) is 6.82. The van der Waals surface area contributed by atoms with Gasteiger partial charge in [0.1, 0.15) is 0 Å². The molecule has 1 aromatic rings. The molecule has 0 unspecified atom stereocenters. The highest BCUT2D eigenvalue weighted by atomic mass is 16.3. The first kappa shape index (κ1) is 20.9. The van der Waals surface area contributed by atoms with E-state index in [9.17, 15) is 14.7 Å². The summed E-state index contributed by atoms with van der Waals surface area (Å²) in [4.78, 5) is 29.4. The highest BCUT2D eigenvalue weighted by molar-refractivity contribution is 5.88. The molecule has 160 valence electrons. The first-order valence-electron chi connectivity index (χ1n) is 11.3. The number of carbonyl (C=O) groups is 2. The fraction of sp³-hybridized carbons (Fsp3) is 0.600. The molecule has 0 spiro atoms. The lowest BCUT2D eigenvalue weighted by Crippen LogP contribution is -2.73. The molecule has 0 radical (unpaired) electrons. The lowest BCUT2D eigenvalue weighted by molar-refractivity contribution is -0.168. The minimum Gasteiger partial charge on any atom is -0.394 e. The Balaban J connectivity index is 1.51. The Bertz CT molecular complexity index is 845. The van der Waals surface area contributed by atoms with Crippen LogP contribution in [-0.4, -0.2) is 58.5 Å². The van der Waals surface area contributed by atoms with E-state index in [-0.39, 0.29) is 48.9 Å². The molecule has 0 bridgehead atoms. The summed E-state index contributed by atoms with van der Waals surface area (Å²) in [6.45, 7) is 4.79. The Hall–Kier alpha value is -2.32. The largest absolute Gasteiger partial charge is 0.394 e. The van der Waals surface area contributed by atoms with Gasteiger partial charge in [-0.2, -0.15) is 0 Å². The van der Waals surface area contributed by atoms with Crippen molar-refractivity contribution in [3.05, 3.63) is 35.4 Å². The van der Waals surface area contributed by atoms with Crippen molar-refractivity contribution < 1.29 is 14.7 Å². The van der Waals surface area contributed by atoms with Crippen molar-refractivity contribution in [2.24, 2.45) is 11.8 Å². The molecule has 3 fully saturated rings. The van der Waals surface area contributed by atoms with Gasteiger partial charge in [0.05, 0.1) is 25.2 Å². The molecule has 2 aliphatic heterocycles. The smallest absolute Gasteiger partial charge is 0.242 e. The molecule has 1 aromatic carbocycles. The summed E-state index contributed by atoms with van der Waals surface area (Å²) >= 11 is 0. The van der Waals surface area contributed by atoms with Crippen LogP contribution in [0.3, 0.4) is 0 Å². The van der Waals surface area contributed by atoms with E-state index >= 15 is 0 Å². The third kappa shape index (κ3) is 3.98. The van der Waals surface area contributed by atoms with E-state index in [1.165, 1.54) is 6.42 Å². The van der Waals surface area contributed by atoms with Gasteiger partial charge in [-0.25, -0.2) is 0 Å². The maximum atomic E-state index is 13.0. The lowest BCUT2D eigenvalue weighted by atomic mass is 9.73. The summed E-state index contributed by atoms with van der Waals surface area (Å²) in [6, 6.07) is 7.88. The number of benzene rings is 1. The van der Waals surface area contributed by atoms with Crippen molar-refractivity contribution >= 4 is 11.8 Å². The maximum absolute atomic E-state index is 13.0. The van der Waals surface area contributed by atoms with Crippen LogP contribution in [0.4, 0.5) is 0 Å². The molecule has 4 rings (SSSR count). The van der Waals surface area contributed by atoms with Gasteiger partial charge in [0.2, 0.25) is 11.8 Å². The minimum atomic E-state index is -0.206. The average molecular weight is 409 g/mol. The number of hydrogen-bond donors (Lipinski definition) is 1. The zero-order valence-corrected chi connectivity index (χ0v) is 18.0. The normalized spacial score (nSPS) is 26.7. The van der Waals surface area contributed by atoms with Crippen molar-refractivity contribution in [3.8, 4) is 11.8 Å². The Morgan fingerprint density at radius 1 is 1.17 bits per heavy atom. The number of carbonyl (C=O) groups excluding carboxylic acids is 2. The van der Waals surface area contributed by atoms with Gasteiger partial charge in [0, 0.05) is 29.9 Å². The second-order valence-corrected chi connectivity index (χ2v) is 9.24. The fourth-order valence-electron chi connectivity index (χ4n) is 5.29. The van der Waals surface area contributed by atoms with E-state index in [1.807, 2.05) is 17.0 Å². The number of fused-ring (bicyclic) bond motifs is 1. The van der Waals surface area contributed by atoms with Gasteiger partial charge in [0.15, 0.2) is 0 Å². The van der Waals surface area contributed by atoms with E-state index in [4.69, 9.17) is 0 Å². The summed E-state index contributed by atoms with van der Waals surface area (Å²) in [6.07, 6.45) is 5.31. The molecule has 2 heterocycles. The van der Waals surface area contributed by atoms with Crippen molar-refractivity contribution in [1.29, 1.82) is 0 Å². The summed E-state index contributed by atoms with van der Waals surface area (Å²) in [7, 11) is 0. The van der Waals surface area contributed by atoms with Gasteiger partial charge in [-0.05, 0) is 30.5 Å². The molecule has 3 aliphatic rings. The Morgan fingerprint density at radius 2 is 1.87 bits per heavy atom.